The highest BCUT2D eigenvalue weighted by atomic mass is 79.9. The summed E-state index contributed by atoms with van der Waals surface area (Å²) in [6, 6.07) is 10.7. The Labute approximate surface area is 117 Å². The summed E-state index contributed by atoms with van der Waals surface area (Å²) in [7, 11) is 1.43. The molecule has 0 aliphatic rings. The quantitative estimate of drug-likeness (QED) is 0.852. The van der Waals surface area contributed by atoms with Crippen LogP contribution in [-0.2, 0) is 0 Å². The van der Waals surface area contributed by atoms with Crippen LogP contribution in [0.3, 0.4) is 0 Å². The van der Waals surface area contributed by atoms with Gasteiger partial charge >= 0.3 is 0 Å². The molecular weight excluding hydrogens is 317 g/mol. The molecule has 2 aromatic rings. The molecule has 0 saturated carbocycles. The van der Waals surface area contributed by atoms with Crippen molar-refractivity contribution >= 4 is 33.4 Å². The Hall–Kier alpha value is -1.20. The molecule has 0 spiro atoms. The van der Waals surface area contributed by atoms with E-state index in [0.717, 1.165) is 14.3 Å². The molecule has 0 aliphatic carbocycles. The van der Waals surface area contributed by atoms with E-state index in [4.69, 9.17) is 10.5 Å². The van der Waals surface area contributed by atoms with E-state index in [0.29, 0.717) is 5.69 Å². The first kappa shape index (κ1) is 13.2. The maximum atomic E-state index is 13.4. The Bertz CT molecular complexity index is 577. The van der Waals surface area contributed by atoms with Crippen molar-refractivity contribution in [3.63, 3.8) is 0 Å². The van der Waals surface area contributed by atoms with Gasteiger partial charge in [-0.05, 0) is 34.1 Å². The first-order valence-electron chi connectivity index (χ1n) is 5.17. The number of halogens is 2. The summed E-state index contributed by atoms with van der Waals surface area (Å²) >= 11 is 4.92. The van der Waals surface area contributed by atoms with Crippen LogP contribution in [0, 0.1) is 5.82 Å². The second kappa shape index (κ2) is 5.63. The second-order valence-corrected chi connectivity index (χ2v) is 5.50. The Morgan fingerprint density at radius 3 is 2.61 bits per heavy atom. The van der Waals surface area contributed by atoms with E-state index in [1.54, 1.807) is 6.07 Å². The molecule has 2 nitrogen and oxygen atoms in total. The molecule has 0 aromatic heterocycles. The monoisotopic (exact) mass is 327 g/mol. The Morgan fingerprint density at radius 2 is 1.94 bits per heavy atom. The number of ether oxygens (including phenoxy) is 1. The number of hydrogen-bond donors (Lipinski definition) is 1. The van der Waals surface area contributed by atoms with Gasteiger partial charge in [0.1, 0.15) is 0 Å². The average molecular weight is 328 g/mol. The maximum Gasteiger partial charge on any atom is 0.167 e. The summed E-state index contributed by atoms with van der Waals surface area (Å²) in [5.74, 6) is -0.259. The van der Waals surface area contributed by atoms with Crippen molar-refractivity contribution in [2.45, 2.75) is 9.79 Å². The van der Waals surface area contributed by atoms with Crippen LogP contribution in [0.25, 0.3) is 0 Å². The van der Waals surface area contributed by atoms with Crippen LogP contribution in [0.4, 0.5) is 10.1 Å². The molecule has 0 fully saturated rings. The minimum absolute atomic E-state index is 0.193. The van der Waals surface area contributed by atoms with Crippen molar-refractivity contribution < 1.29 is 9.13 Å². The zero-order valence-corrected chi connectivity index (χ0v) is 12.0. The van der Waals surface area contributed by atoms with Gasteiger partial charge in [0.25, 0.3) is 0 Å². The van der Waals surface area contributed by atoms with Gasteiger partial charge in [0.15, 0.2) is 11.6 Å². The summed E-state index contributed by atoms with van der Waals surface area (Å²) in [4.78, 5) is 1.78. The third kappa shape index (κ3) is 2.79. The number of rotatable bonds is 3. The molecule has 2 N–H and O–H groups in total. The van der Waals surface area contributed by atoms with E-state index in [1.165, 1.54) is 24.9 Å². The molecule has 5 heteroatoms. The first-order chi connectivity index (χ1) is 8.61. The average Bonchev–Trinajstić information content (AvgIpc) is 2.35. The molecule has 2 aromatic carbocycles. The summed E-state index contributed by atoms with van der Waals surface area (Å²) in [5, 5.41) is 0. The maximum absolute atomic E-state index is 13.4. The van der Waals surface area contributed by atoms with Crippen LogP contribution in [0.1, 0.15) is 0 Å². The lowest BCUT2D eigenvalue weighted by molar-refractivity contribution is 0.385. The lowest BCUT2D eigenvalue weighted by Crippen LogP contribution is -1.94. The predicted octanol–water partition coefficient (Wildman–Crippen LogP) is 4.33. The fourth-order valence-electron chi connectivity index (χ4n) is 1.44. The second-order valence-electron chi connectivity index (χ2n) is 3.56. The third-order valence-corrected chi connectivity index (χ3v) is 4.44. The van der Waals surface area contributed by atoms with Crippen LogP contribution in [-0.4, -0.2) is 7.11 Å². The summed E-state index contributed by atoms with van der Waals surface area (Å²) in [5.41, 5.74) is 6.21. The largest absolute Gasteiger partial charge is 0.494 e. The highest BCUT2D eigenvalue weighted by Crippen LogP contribution is 2.38. The predicted molar refractivity (Wildman–Crippen MR) is 75.6 cm³/mol. The Morgan fingerprint density at radius 1 is 1.22 bits per heavy atom. The van der Waals surface area contributed by atoms with Gasteiger partial charge in [-0.15, -0.1) is 0 Å². The van der Waals surface area contributed by atoms with E-state index in [2.05, 4.69) is 15.9 Å². The number of hydrogen-bond acceptors (Lipinski definition) is 3. The zero-order valence-electron chi connectivity index (χ0n) is 9.61. The van der Waals surface area contributed by atoms with Gasteiger partial charge in [-0.25, -0.2) is 4.39 Å². The van der Waals surface area contributed by atoms with Crippen molar-refractivity contribution in [1.29, 1.82) is 0 Å². The number of nitrogen functional groups attached to an aromatic ring is 1. The van der Waals surface area contributed by atoms with Crippen molar-refractivity contribution in [2.75, 3.05) is 12.8 Å². The molecule has 0 heterocycles. The van der Waals surface area contributed by atoms with Gasteiger partial charge in [0.05, 0.1) is 7.11 Å². The minimum Gasteiger partial charge on any atom is -0.494 e. The highest BCUT2D eigenvalue weighted by molar-refractivity contribution is 9.10. The molecule has 0 bridgehead atoms. The number of methoxy groups -OCH3 is 1. The molecule has 0 unspecified atom stereocenters. The van der Waals surface area contributed by atoms with Gasteiger partial charge in [-0.3, -0.25) is 0 Å². The van der Waals surface area contributed by atoms with E-state index in [9.17, 15) is 4.39 Å². The van der Waals surface area contributed by atoms with Gasteiger partial charge in [-0.2, -0.15) is 0 Å². The third-order valence-electron chi connectivity index (χ3n) is 2.34. The number of benzene rings is 2. The molecular formula is C13H11BrFNOS. The zero-order chi connectivity index (χ0) is 13.1. The molecule has 0 saturated heterocycles. The minimum atomic E-state index is -0.452. The van der Waals surface area contributed by atoms with Crippen LogP contribution < -0.4 is 10.5 Å². The fourth-order valence-corrected chi connectivity index (χ4v) is 2.86. The molecule has 0 amide bonds. The lowest BCUT2D eigenvalue weighted by atomic mass is 10.3. The SMILES string of the molecule is COc1cc(Sc2ccccc2Br)c(N)cc1F. The highest BCUT2D eigenvalue weighted by Gasteiger charge is 2.10. The lowest BCUT2D eigenvalue weighted by Gasteiger charge is -2.10. The topological polar surface area (TPSA) is 35.2 Å². The summed E-state index contributed by atoms with van der Waals surface area (Å²) < 4.78 is 19.3. The van der Waals surface area contributed by atoms with Crippen molar-refractivity contribution in [2.24, 2.45) is 0 Å². The first-order valence-corrected chi connectivity index (χ1v) is 6.78. The van der Waals surface area contributed by atoms with Gasteiger partial charge in [-0.1, -0.05) is 23.9 Å². The molecule has 18 heavy (non-hydrogen) atoms. The van der Waals surface area contributed by atoms with Gasteiger partial charge in [0.2, 0.25) is 0 Å². The van der Waals surface area contributed by atoms with Gasteiger partial charge < -0.3 is 10.5 Å². The fraction of sp³-hybridized carbons (Fsp3) is 0.0769. The summed E-state index contributed by atoms with van der Waals surface area (Å²) in [6.07, 6.45) is 0. The van der Waals surface area contributed by atoms with E-state index in [1.807, 2.05) is 24.3 Å². The van der Waals surface area contributed by atoms with E-state index >= 15 is 0 Å². The van der Waals surface area contributed by atoms with Crippen molar-refractivity contribution in [3.05, 3.63) is 46.7 Å². The molecule has 0 atom stereocenters. The summed E-state index contributed by atoms with van der Waals surface area (Å²) in [6.45, 7) is 0. The van der Waals surface area contributed by atoms with E-state index in [-0.39, 0.29) is 5.75 Å². The van der Waals surface area contributed by atoms with Crippen LogP contribution in [0.2, 0.25) is 0 Å². The van der Waals surface area contributed by atoms with E-state index < -0.39 is 5.82 Å². The number of anilines is 1. The van der Waals surface area contributed by atoms with Crippen LogP contribution in [0.5, 0.6) is 5.75 Å². The Kier molecular flexibility index (Phi) is 4.14. The van der Waals surface area contributed by atoms with Crippen molar-refractivity contribution in [1.82, 2.24) is 0 Å². The standard InChI is InChI=1S/C13H11BrFNOS/c1-17-11-7-13(10(16)6-9(11)15)18-12-5-3-2-4-8(12)14/h2-7H,16H2,1H3. The molecule has 0 aliphatic heterocycles. The van der Waals surface area contributed by atoms with Gasteiger partial charge in [0, 0.05) is 26.0 Å². The Balaban J connectivity index is 2.38. The molecule has 2 rings (SSSR count). The number of nitrogens with two attached hydrogens (primary N) is 1. The molecule has 0 radical (unpaired) electrons. The smallest absolute Gasteiger partial charge is 0.167 e. The van der Waals surface area contributed by atoms with Crippen LogP contribution in [0.15, 0.2) is 50.7 Å². The normalized spacial score (nSPS) is 10.4. The molecule has 94 valence electrons. The van der Waals surface area contributed by atoms with Crippen LogP contribution >= 0.6 is 27.7 Å². The van der Waals surface area contributed by atoms with Crippen molar-refractivity contribution in [3.8, 4) is 5.75 Å².